The number of anilines is 1. The lowest BCUT2D eigenvalue weighted by Crippen LogP contribution is -2.20. The molecule has 5 nitrogen and oxygen atoms in total. The highest BCUT2D eigenvalue weighted by atomic mass is 79.9. The van der Waals surface area contributed by atoms with E-state index in [0.717, 1.165) is 4.47 Å². The standard InChI is InChI=1S/C19H20BrNO4/c1-19(2,3)12-4-6-15(14(20)8-12)23-10-18(22)21-13-5-7-16-17(9-13)25-11-24-16/h4-9H,10-11H2,1-3H3,(H,21,22). The van der Waals surface area contributed by atoms with E-state index in [1.807, 2.05) is 18.2 Å². The van der Waals surface area contributed by atoms with Crippen LogP contribution in [-0.4, -0.2) is 19.3 Å². The van der Waals surface area contributed by atoms with Crippen LogP contribution in [0.3, 0.4) is 0 Å². The lowest BCUT2D eigenvalue weighted by atomic mass is 9.87. The average Bonchev–Trinajstić information content (AvgIpc) is 3.00. The van der Waals surface area contributed by atoms with Crippen LogP contribution in [0.1, 0.15) is 26.3 Å². The lowest BCUT2D eigenvalue weighted by Gasteiger charge is -2.20. The summed E-state index contributed by atoms with van der Waals surface area (Å²) >= 11 is 3.50. The normalized spacial score (nSPS) is 12.8. The van der Waals surface area contributed by atoms with E-state index in [0.29, 0.717) is 22.9 Å². The van der Waals surface area contributed by atoms with Crippen molar-refractivity contribution in [2.24, 2.45) is 0 Å². The summed E-state index contributed by atoms with van der Waals surface area (Å²) in [6.45, 7) is 6.56. The number of carbonyl (C=O) groups is 1. The highest BCUT2D eigenvalue weighted by molar-refractivity contribution is 9.10. The van der Waals surface area contributed by atoms with Gasteiger partial charge in [-0.2, -0.15) is 0 Å². The van der Waals surface area contributed by atoms with Crippen molar-refractivity contribution in [3.63, 3.8) is 0 Å². The number of rotatable bonds is 4. The molecule has 0 bridgehead atoms. The highest BCUT2D eigenvalue weighted by Crippen LogP contribution is 2.34. The first-order valence-electron chi connectivity index (χ1n) is 7.95. The van der Waals surface area contributed by atoms with Crippen molar-refractivity contribution in [2.45, 2.75) is 26.2 Å². The summed E-state index contributed by atoms with van der Waals surface area (Å²) in [5.41, 5.74) is 1.88. The molecule has 0 atom stereocenters. The summed E-state index contributed by atoms with van der Waals surface area (Å²) in [5, 5.41) is 2.78. The Hall–Kier alpha value is -2.21. The maximum Gasteiger partial charge on any atom is 0.262 e. The predicted molar refractivity (Wildman–Crippen MR) is 99.5 cm³/mol. The van der Waals surface area contributed by atoms with Gasteiger partial charge in [0.25, 0.3) is 5.91 Å². The van der Waals surface area contributed by atoms with Crippen molar-refractivity contribution in [3.8, 4) is 17.2 Å². The summed E-state index contributed by atoms with van der Waals surface area (Å²) in [6.07, 6.45) is 0. The van der Waals surface area contributed by atoms with Gasteiger partial charge in [-0.05, 0) is 51.2 Å². The lowest BCUT2D eigenvalue weighted by molar-refractivity contribution is -0.118. The molecule has 6 heteroatoms. The average molecular weight is 406 g/mol. The predicted octanol–water partition coefficient (Wildman–Crippen LogP) is 4.49. The van der Waals surface area contributed by atoms with Gasteiger partial charge in [0, 0.05) is 11.8 Å². The number of benzene rings is 2. The van der Waals surface area contributed by atoms with E-state index < -0.39 is 0 Å². The molecule has 0 saturated heterocycles. The molecule has 1 heterocycles. The zero-order valence-corrected chi connectivity index (χ0v) is 16.0. The molecular formula is C19H20BrNO4. The number of nitrogens with one attached hydrogen (secondary N) is 1. The quantitative estimate of drug-likeness (QED) is 0.813. The van der Waals surface area contributed by atoms with Crippen LogP contribution in [0, 0.1) is 0 Å². The number of amides is 1. The van der Waals surface area contributed by atoms with Crippen molar-refractivity contribution >= 4 is 27.5 Å². The second kappa shape index (κ2) is 6.96. The van der Waals surface area contributed by atoms with Crippen LogP contribution in [0.15, 0.2) is 40.9 Å². The molecule has 2 aromatic rings. The molecule has 0 aromatic heterocycles. The first kappa shape index (κ1) is 17.6. The SMILES string of the molecule is CC(C)(C)c1ccc(OCC(=O)Nc2ccc3c(c2)OCO3)c(Br)c1. The fourth-order valence-electron chi connectivity index (χ4n) is 2.40. The third-order valence-corrected chi connectivity index (χ3v) is 4.43. The highest BCUT2D eigenvalue weighted by Gasteiger charge is 2.16. The minimum atomic E-state index is -0.245. The Morgan fingerprint density at radius 3 is 2.64 bits per heavy atom. The van der Waals surface area contributed by atoms with Gasteiger partial charge in [-0.3, -0.25) is 4.79 Å². The maximum absolute atomic E-state index is 12.1. The van der Waals surface area contributed by atoms with Crippen molar-refractivity contribution in [1.82, 2.24) is 0 Å². The molecule has 0 radical (unpaired) electrons. The van der Waals surface area contributed by atoms with Crippen LogP contribution in [0.4, 0.5) is 5.69 Å². The van der Waals surface area contributed by atoms with Crippen molar-refractivity contribution in [1.29, 1.82) is 0 Å². The van der Waals surface area contributed by atoms with Crippen LogP contribution < -0.4 is 19.5 Å². The van der Waals surface area contributed by atoms with Gasteiger partial charge in [-0.1, -0.05) is 26.8 Å². The van der Waals surface area contributed by atoms with Gasteiger partial charge < -0.3 is 19.5 Å². The van der Waals surface area contributed by atoms with Gasteiger partial charge in [-0.15, -0.1) is 0 Å². The molecule has 1 aliphatic rings. The van der Waals surface area contributed by atoms with Gasteiger partial charge in [0.1, 0.15) is 5.75 Å². The number of hydrogen-bond acceptors (Lipinski definition) is 4. The fraction of sp³-hybridized carbons (Fsp3) is 0.316. The zero-order chi connectivity index (χ0) is 18.0. The second-order valence-corrected chi connectivity index (χ2v) is 7.65. The van der Waals surface area contributed by atoms with Crippen LogP contribution in [0.25, 0.3) is 0 Å². The summed E-state index contributed by atoms with van der Waals surface area (Å²) in [4.78, 5) is 12.1. The second-order valence-electron chi connectivity index (χ2n) is 6.80. The molecule has 25 heavy (non-hydrogen) atoms. The van der Waals surface area contributed by atoms with E-state index >= 15 is 0 Å². The van der Waals surface area contributed by atoms with Crippen LogP contribution in [0.2, 0.25) is 0 Å². The molecule has 0 unspecified atom stereocenters. The van der Waals surface area contributed by atoms with E-state index in [4.69, 9.17) is 14.2 Å². The van der Waals surface area contributed by atoms with Crippen LogP contribution >= 0.6 is 15.9 Å². The van der Waals surface area contributed by atoms with E-state index in [9.17, 15) is 4.79 Å². The monoisotopic (exact) mass is 405 g/mol. The van der Waals surface area contributed by atoms with Crippen LogP contribution in [-0.2, 0) is 10.2 Å². The third-order valence-electron chi connectivity index (χ3n) is 3.81. The Labute approximate surface area is 155 Å². The number of ether oxygens (including phenoxy) is 3. The Morgan fingerprint density at radius 2 is 1.92 bits per heavy atom. The first-order valence-corrected chi connectivity index (χ1v) is 8.74. The Morgan fingerprint density at radius 1 is 1.16 bits per heavy atom. The van der Waals surface area contributed by atoms with Gasteiger partial charge in [0.05, 0.1) is 4.47 Å². The molecule has 1 aliphatic heterocycles. The number of hydrogen-bond donors (Lipinski definition) is 1. The van der Waals surface area contributed by atoms with E-state index in [2.05, 4.69) is 42.0 Å². The maximum atomic E-state index is 12.1. The molecule has 132 valence electrons. The van der Waals surface area contributed by atoms with Crippen molar-refractivity contribution < 1.29 is 19.0 Å². The number of carbonyl (C=O) groups excluding carboxylic acids is 1. The van der Waals surface area contributed by atoms with E-state index in [1.165, 1.54) is 5.56 Å². The number of fused-ring (bicyclic) bond motifs is 1. The molecule has 1 amide bonds. The minimum Gasteiger partial charge on any atom is -0.483 e. The summed E-state index contributed by atoms with van der Waals surface area (Å²) < 4.78 is 17.0. The molecule has 0 fully saturated rings. The Balaban J connectivity index is 1.59. The van der Waals surface area contributed by atoms with Gasteiger partial charge in [-0.25, -0.2) is 0 Å². The van der Waals surface area contributed by atoms with Crippen molar-refractivity contribution in [2.75, 3.05) is 18.7 Å². The molecule has 1 N–H and O–H groups in total. The molecule has 0 saturated carbocycles. The first-order chi connectivity index (χ1) is 11.8. The number of halogens is 1. The van der Waals surface area contributed by atoms with Crippen molar-refractivity contribution in [3.05, 3.63) is 46.4 Å². The minimum absolute atomic E-state index is 0.0534. The fourth-order valence-corrected chi connectivity index (χ4v) is 2.89. The van der Waals surface area contributed by atoms with E-state index in [1.54, 1.807) is 18.2 Å². The third kappa shape index (κ3) is 4.25. The zero-order valence-electron chi connectivity index (χ0n) is 14.4. The summed E-state index contributed by atoms with van der Waals surface area (Å²) in [6, 6.07) is 11.2. The van der Waals surface area contributed by atoms with Crippen LogP contribution in [0.5, 0.6) is 17.2 Å². The molecule has 0 aliphatic carbocycles. The summed E-state index contributed by atoms with van der Waals surface area (Å²) in [5.74, 6) is 1.69. The van der Waals surface area contributed by atoms with E-state index in [-0.39, 0.29) is 24.7 Å². The van der Waals surface area contributed by atoms with Gasteiger partial charge in [0.2, 0.25) is 6.79 Å². The molecule has 3 rings (SSSR count). The Kier molecular flexibility index (Phi) is 4.90. The summed E-state index contributed by atoms with van der Waals surface area (Å²) in [7, 11) is 0. The molecule has 0 spiro atoms. The van der Waals surface area contributed by atoms with Gasteiger partial charge in [0.15, 0.2) is 18.1 Å². The Bertz CT molecular complexity index is 798. The van der Waals surface area contributed by atoms with Gasteiger partial charge >= 0.3 is 0 Å². The molecule has 2 aromatic carbocycles. The largest absolute Gasteiger partial charge is 0.483 e. The smallest absolute Gasteiger partial charge is 0.262 e. The molecular weight excluding hydrogens is 386 g/mol. The topological polar surface area (TPSA) is 56.8 Å².